The molecule has 3 rings (SSSR count). The van der Waals surface area contributed by atoms with E-state index in [1.807, 2.05) is 6.07 Å². The van der Waals surface area contributed by atoms with Crippen LogP contribution in [0, 0.1) is 6.07 Å². The molecule has 1 aromatic rings. The number of rotatable bonds is 1. The van der Waals surface area contributed by atoms with Crippen molar-refractivity contribution in [1.29, 1.82) is 0 Å². The summed E-state index contributed by atoms with van der Waals surface area (Å²) in [5.74, 6) is 0. The van der Waals surface area contributed by atoms with Crippen molar-refractivity contribution >= 4 is 0 Å². The van der Waals surface area contributed by atoms with E-state index in [-0.39, 0.29) is 0 Å². The lowest BCUT2D eigenvalue weighted by Gasteiger charge is -2.18. The number of hydrogen-bond donors (Lipinski definition) is 0. The van der Waals surface area contributed by atoms with Crippen LogP contribution < -0.4 is 0 Å². The Morgan fingerprint density at radius 1 is 1.14 bits per heavy atom. The van der Waals surface area contributed by atoms with Gasteiger partial charge in [0, 0.05) is 19.1 Å². The van der Waals surface area contributed by atoms with E-state index in [0.29, 0.717) is 0 Å². The molecule has 0 atom stereocenters. The van der Waals surface area contributed by atoms with Crippen LogP contribution in [-0.4, -0.2) is 24.0 Å². The average Bonchev–Trinajstić information content (AvgIpc) is 3.03. The van der Waals surface area contributed by atoms with E-state index >= 15 is 0 Å². The van der Waals surface area contributed by atoms with Crippen LogP contribution in [0.5, 0.6) is 0 Å². The molecule has 1 aliphatic heterocycles. The highest BCUT2D eigenvalue weighted by atomic mass is 15.2. The summed E-state index contributed by atoms with van der Waals surface area (Å²) in [5, 5.41) is 0. The molecule has 1 heterocycles. The lowest BCUT2D eigenvalue weighted by Crippen LogP contribution is -2.28. The Bertz CT molecular complexity index is 301. The zero-order chi connectivity index (χ0) is 9.38. The minimum atomic E-state index is 0.924. The molecule has 1 radical (unpaired) electrons. The zero-order valence-corrected chi connectivity index (χ0v) is 8.50. The standard InChI is InChI=1S/C13H16N/c1-2-4-12-8-10-14(13-5-6-13)9-7-11(12)3-1/h1,3-4,13H,5-10H2. The highest BCUT2D eigenvalue weighted by Gasteiger charge is 2.29. The Morgan fingerprint density at radius 3 is 2.71 bits per heavy atom. The summed E-state index contributed by atoms with van der Waals surface area (Å²) in [4.78, 5) is 2.67. The fraction of sp³-hybridized carbons (Fsp3) is 0.538. The molecule has 1 heteroatoms. The minimum Gasteiger partial charge on any atom is -0.300 e. The molecular weight excluding hydrogens is 170 g/mol. The SMILES string of the molecule is [c]1ccc2c(c1)CCN(C1CC1)CC2. The largest absolute Gasteiger partial charge is 0.300 e. The first kappa shape index (κ1) is 8.49. The van der Waals surface area contributed by atoms with Gasteiger partial charge in [0.1, 0.15) is 0 Å². The van der Waals surface area contributed by atoms with Gasteiger partial charge in [-0.3, -0.25) is 4.90 Å². The van der Waals surface area contributed by atoms with Crippen molar-refractivity contribution in [3.8, 4) is 0 Å². The quantitative estimate of drug-likeness (QED) is 0.649. The van der Waals surface area contributed by atoms with Gasteiger partial charge in [-0.1, -0.05) is 18.2 Å². The maximum Gasteiger partial charge on any atom is 0.00966 e. The van der Waals surface area contributed by atoms with Gasteiger partial charge in [0.05, 0.1) is 0 Å². The number of nitrogens with zero attached hydrogens (tertiary/aromatic N) is 1. The molecule has 0 N–H and O–H groups in total. The summed E-state index contributed by atoms with van der Waals surface area (Å²) < 4.78 is 0. The van der Waals surface area contributed by atoms with Gasteiger partial charge < -0.3 is 0 Å². The summed E-state index contributed by atoms with van der Waals surface area (Å²) in [5.41, 5.74) is 3.07. The number of benzene rings is 1. The first-order chi connectivity index (χ1) is 6.93. The van der Waals surface area contributed by atoms with Crippen molar-refractivity contribution in [1.82, 2.24) is 4.90 Å². The first-order valence-corrected chi connectivity index (χ1v) is 5.65. The number of hydrogen-bond acceptors (Lipinski definition) is 1. The van der Waals surface area contributed by atoms with Crippen molar-refractivity contribution in [3.05, 3.63) is 35.4 Å². The van der Waals surface area contributed by atoms with E-state index in [1.165, 1.54) is 44.3 Å². The molecular formula is C13H16N. The van der Waals surface area contributed by atoms with Gasteiger partial charge in [-0.05, 0) is 42.9 Å². The third-order valence-corrected chi connectivity index (χ3v) is 3.45. The van der Waals surface area contributed by atoms with Gasteiger partial charge in [0.2, 0.25) is 0 Å². The van der Waals surface area contributed by atoms with Crippen LogP contribution in [0.25, 0.3) is 0 Å². The van der Waals surface area contributed by atoms with E-state index in [0.717, 1.165) is 6.04 Å². The molecule has 1 saturated carbocycles. The molecule has 73 valence electrons. The Labute approximate surface area is 85.7 Å². The Hall–Kier alpha value is -0.820. The normalized spacial score (nSPS) is 22.9. The summed E-state index contributed by atoms with van der Waals surface area (Å²) in [6.07, 6.45) is 5.33. The topological polar surface area (TPSA) is 3.24 Å². The fourth-order valence-electron chi connectivity index (χ4n) is 2.42. The molecule has 1 aliphatic carbocycles. The highest BCUT2D eigenvalue weighted by Crippen LogP contribution is 2.28. The van der Waals surface area contributed by atoms with Crippen LogP contribution in [0.1, 0.15) is 24.0 Å². The summed E-state index contributed by atoms with van der Waals surface area (Å²) in [6, 6.07) is 10.6. The van der Waals surface area contributed by atoms with E-state index in [2.05, 4.69) is 23.1 Å². The lowest BCUT2D eigenvalue weighted by molar-refractivity contribution is 0.277. The second-order valence-electron chi connectivity index (χ2n) is 4.46. The molecule has 1 nitrogen and oxygen atoms in total. The predicted octanol–water partition coefficient (Wildman–Crippen LogP) is 2.05. The Morgan fingerprint density at radius 2 is 1.93 bits per heavy atom. The Balaban J connectivity index is 1.79. The molecule has 0 amide bonds. The first-order valence-electron chi connectivity index (χ1n) is 5.65. The molecule has 0 unspecified atom stereocenters. The lowest BCUT2D eigenvalue weighted by atomic mass is 10.0. The molecule has 1 aromatic carbocycles. The number of fused-ring (bicyclic) bond motifs is 1. The van der Waals surface area contributed by atoms with Gasteiger partial charge >= 0.3 is 0 Å². The fourth-order valence-corrected chi connectivity index (χ4v) is 2.42. The third kappa shape index (κ3) is 1.57. The molecule has 0 spiro atoms. The van der Waals surface area contributed by atoms with Crippen LogP contribution >= 0.6 is 0 Å². The van der Waals surface area contributed by atoms with Crippen molar-refractivity contribution < 1.29 is 0 Å². The van der Waals surface area contributed by atoms with Gasteiger partial charge in [-0.25, -0.2) is 0 Å². The van der Waals surface area contributed by atoms with E-state index in [9.17, 15) is 0 Å². The highest BCUT2D eigenvalue weighted by molar-refractivity contribution is 5.28. The van der Waals surface area contributed by atoms with Crippen LogP contribution in [0.15, 0.2) is 18.2 Å². The molecule has 2 aliphatic rings. The van der Waals surface area contributed by atoms with Crippen molar-refractivity contribution in [2.24, 2.45) is 0 Å². The van der Waals surface area contributed by atoms with Gasteiger partial charge in [-0.15, -0.1) is 0 Å². The Kier molecular flexibility index (Phi) is 2.06. The van der Waals surface area contributed by atoms with Crippen molar-refractivity contribution in [2.75, 3.05) is 13.1 Å². The summed E-state index contributed by atoms with van der Waals surface area (Å²) >= 11 is 0. The summed E-state index contributed by atoms with van der Waals surface area (Å²) in [6.45, 7) is 2.52. The maximum atomic E-state index is 3.19. The average molecular weight is 186 g/mol. The third-order valence-electron chi connectivity index (χ3n) is 3.45. The van der Waals surface area contributed by atoms with Crippen molar-refractivity contribution in [3.63, 3.8) is 0 Å². The van der Waals surface area contributed by atoms with Crippen LogP contribution in [0.4, 0.5) is 0 Å². The predicted molar refractivity (Wildman–Crippen MR) is 57.3 cm³/mol. The molecule has 0 saturated heterocycles. The van der Waals surface area contributed by atoms with E-state index in [4.69, 9.17) is 0 Å². The van der Waals surface area contributed by atoms with Gasteiger partial charge in [0.25, 0.3) is 0 Å². The van der Waals surface area contributed by atoms with E-state index < -0.39 is 0 Å². The van der Waals surface area contributed by atoms with Crippen LogP contribution in [-0.2, 0) is 12.8 Å². The second-order valence-corrected chi connectivity index (χ2v) is 4.46. The maximum absolute atomic E-state index is 3.19. The monoisotopic (exact) mass is 186 g/mol. The molecule has 0 aromatic heterocycles. The van der Waals surface area contributed by atoms with Gasteiger partial charge in [-0.2, -0.15) is 0 Å². The molecule has 1 fully saturated rings. The second kappa shape index (κ2) is 3.39. The molecule has 14 heavy (non-hydrogen) atoms. The van der Waals surface area contributed by atoms with Crippen molar-refractivity contribution in [2.45, 2.75) is 31.7 Å². The van der Waals surface area contributed by atoms with Crippen LogP contribution in [0.3, 0.4) is 0 Å². The van der Waals surface area contributed by atoms with E-state index in [1.54, 1.807) is 5.56 Å². The minimum absolute atomic E-state index is 0.924. The van der Waals surface area contributed by atoms with Crippen LogP contribution in [0.2, 0.25) is 0 Å². The molecule has 0 bridgehead atoms. The summed E-state index contributed by atoms with van der Waals surface area (Å²) in [7, 11) is 0. The smallest absolute Gasteiger partial charge is 0.00966 e. The van der Waals surface area contributed by atoms with Gasteiger partial charge in [0.15, 0.2) is 0 Å². The zero-order valence-electron chi connectivity index (χ0n) is 8.50.